The van der Waals surface area contributed by atoms with E-state index < -0.39 is 17.7 Å². The molecule has 0 aliphatic carbocycles. The highest BCUT2D eigenvalue weighted by atomic mass is 16.5. The standard InChI is InChI=1S/C24H28N2O6/c1-25(2)12-13-26-21(18-14-17(31-4)10-11-19(18)32-5)20(23(28)24(26)29)22(27)15-6-8-16(30-3)9-7-15/h6-11,14,21,27H,12-13H2,1-5H3/b22-20+. The summed E-state index contributed by atoms with van der Waals surface area (Å²) in [5, 5.41) is 11.1. The average Bonchev–Trinajstić information content (AvgIpc) is 3.06. The van der Waals surface area contributed by atoms with E-state index in [0.717, 1.165) is 0 Å². The van der Waals surface area contributed by atoms with Gasteiger partial charge < -0.3 is 29.1 Å². The highest BCUT2D eigenvalue weighted by Crippen LogP contribution is 2.43. The van der Waals surface area contributed by atoms with Gasteiger partial charge in [0.25, 0.3) is 11.7 Å². The van der Waals surface area contributed by atoms with Crippen molar-refractivity contribution in [3.05, 3.63) is 59.2 Å². The fourth-order valence-corrected chi connectivity index (χ4v) is 3.70. The summed E-state index contributed by atoms with van der Waals surface area (Å²) < 4.78 is 16.1. The van der Waals surface area contributed by atoms with Crippen molar-refractivity contribution in [2.75, 3.05) is 48.5 Å². The largest absolute Gasteiger partial charge is 0.507 e. The van der Waals surface area contributed by atoms with E-state index in [1.165, 1.54) is 19.1 Å². The summed E-state index contributed by atoms with van der Waals surface area (Å²) in [6.45, 7) is 0.834. The molecule has 170 valence electrons. The van der Waals surface area contributed by atoms with Crippen molar-refractivity contribution >= 4 is 17.4 Å². The Hall–Kier alpha value is -3.52. The maximum Gasteiger partial charge on any atom is 0.295 e. The molecule has 1 aliphatic heterocycles. The minimum atomic E-state index is -0.831. The van der Waals surface area contributed by atoms with Crippen LogP contribution < -0.4 is 14.2 Å². The van der Waals surface area contributed by atoms with E-state index in [2.05, 4.69) is 0 Å². The Labute approximate surface area is 187 Å². The number of aliphatic hydroxyl groups is 1. The molecule has 0 radical (unpaired) electrons. The van der Waals surface area contributed by atoms with Crippen molar-refractivity contribution in [2.24, 2.45) is 0 Å². The third-order valence-electron chi connectivity index (χ3n) is 5.42. The molecule has 8 nitrogen and oxygen atoms in total. The number of methoxy groups -OCH3 is 3. The molecule has 0 bridgehead atoms. The molecule has 1 heterocycles. The summed E-state index contributed by atoms with van der Waals surface area (Å²) in [5.41, 5.74) is 0.966. The molecular weight excluding hydrogens is 412 g/mol. The smallest absolute Gasteiger partial charge is 0.295 e. The van der Waals surface area contributed by atoms with Crippen molar-refractivity contribution in [3.8, 4) is 17.2 Å². The summed E-state index contributed by atoms with van der Waals surface area (Å²) in [6, 6.07) is 11.0. The SMILES string of the molecule is COc1ccc(/C(O)=C2\C(=O)C(=O)N(CCN(C)C)C2c2cc(OC)ccc2OC)cc1. The molecule has 1 N–H and O–H groups in total. The monoisotopic (exact) mass is 440 g/mol. The highest BCUT2D eigenvalue weighted by Gasteiger charge is 2.47. The Morgan fingerprint density at radius 3 is 2.16 bits per heavy atom. The molecule has 32 heavy (non-hydrogen) atoms. The van der Waals surface area contributed by atoms with Gasteiger partial charge in [0, 0.05) is 24.2 Å². The van der Waals surface area contributed by atoms with Gasteiger partial charge in [-0.3, -0.25) is 9.59 Å². The Bertz CT molecular complexity index is 1030. The van der Waals surface area contributed by atoms with Gasteiger partial charge in [0.1, 0.15) is 23.0 Å². The van der Waals surface area contributed by atoms with Crippen LogP contribution in [-0.2, 0) is 9.59 Å². The van der Waals surface area contributed by atoms with Gasteiger partial charge in [0.15, 0.2) is 0 Å². The summed E-state index contributed by atoms with van der Waals surface area (Å²) in [4.78, 5) is 29.5. The molecule has 1 amide bonds. The number of amides is 1. The third kappa shape index (κ3) is 4.40. The number of aliphatic hydroxyl groups excluding tert-OH is 1. The lowest BCUT2D eigenvalue weighted by atomic mass is 9.94. The molecule has 0 aromatic heterocycles. The lowest BCUT2D eigenvalue weighted by Crippen LogP contribution is -2.35. The Balaban J connectivity index is 2.21. The summed E-state index contributed by atoms with van der Waals surface area (Å²) in [5.74, 6) is -0.0346. The predicted octanol–water partition coefficient (Wildman–Crippen LogP) is 2.70. The number of Topliss-reactive ketones (excluding diaryl/α,β-unsaturated/α-hetero) is 1. The van der Waals surface area contributed by atoms with Gasteiger partial charge in [-0.1, -0.05) is 0 Å². The second-order valence-corrected chi connectivity index (χ2v) is 7.63. The topological polar surface area (TPSA) is 88.5 Å². The first-order valence-corrected chi connectivity index (χ1v) is 10.1. The number of carbonyl (C=O) groups is 2. The molecule has 1 fully saturated rings. The van der Waals surface area contributed by atoms with Gasteiger partial charge in [-0.2, -0.15) is 0 Å². The predicted molar refractivity (Wildman–Crippen MR) is 120 cm³/mol. The first kappa shape index (κ1) is 23.1. The van der Waals surface area contributed by atoms with Crippen LogP contribution in [0.4, 0.5) is 0 Å². The molecule has 0 spiro atoms. The van der Waals surface area contributed by atoms with Crippen molar-refractivity contribution in [1.29, 1.82) is 0 Å². The minimum absolute atomic E-state index is 0.00507. The van der Waals surface area contributed by atoms with Crippen LogP contribution >= 0.6 is 0 Å². The number of carbonyl (C=O) groups excluding carboxylic acids is 2. The van der Waals surface area contributed by atoms with Crippen LogP contribution in [0.3, 0.4) is 0 Å². The van der Waals surface area contributed by atoms with Gasteiger partial charge in [-0.05, 0) is 56.6 Å². The number of ketones is 1. The maximum absolute atomic E-state index is 13.1. The zero-order chi connectivity index (χ0) is 23.4. The van der Waals surface area contributed by atoms with E-state index in [0.29, 0.717) is 41.5 Å². The number of nitrogens with zero attached hydrogens (tertiary/aromatic N) is 2. The first-order chi connectivity index (χ1) is 15.3. The fraction of sp³-hybridized carbons (Fsp3) is 0.333. The van der Waals surface area contributed by atoms with E-state index >= 15 is 0 Å². The fourth-order valence-electron chi connectivity index (χ4n) is 3.70. The van der Waals surface area contributed by atoms with Crippen LogP contribution in [-0.4, -0.2) is 75.1 Å². The quantitative estimate of drug-likeness (QED) is 0.384. The summed E-state index contributed by atoms with van der Waals surface area (Å²) >= 11 is 0. The van der Waals surface area contributed by atoms with E-state index in [4.69, 9.17) is 14.2 Å². The van der Waals surface area contributed by atoms with Crippen LogP contribution in [0.2, 0.25) is 0 Å². The van der Waals surface area contributed by atoms with Gasteiger partial charge in [0.2, 0.25) is 0 Å². The molecule has 8 heteroatoms. The van der Waals surface area contributed by atoms with Gasteiger partial charge in [-0.15, -0.1) is 0 Å². The summed E-state index contributed by atoms with van der Waals surface area (Å²) in [6.07, 6.45) is 0. The number of rotatable bonds is 8. The molecule has 3 rings (SSSR count). The number of likely N-dealkylation sites (N-methyl/N-ethyl adjacent to an activating group) is 1. The van der Waals surface area contributed by atoms with E-state index in [9.17, 15) is 14.7 Å². The van der Waals surface area contributed by atoms with E-state index in [-0.39, 0.29) is 11.3 Å². The molecule has 1 aliphatic rings. The lowest BCUT2D eigenvalue weighted by molar-refractivity contribution is -0.140. The maximum atomic E-state index is 13.1. The van der Waals surface area contributed by atoms with Gasteiger partial charge in [-0.25, -0.2) is 0 Å². The molecular formula is C24H28N2O6. The lowest BCUT2D eigenvalue weighted by Gasteiger charge is -2.28. The van der Waals surface area contributed by atoms with Gasteiger partial charge >= 0.3 is 0 Å². The Morgan fingerprint density at radius 2 is 1.59 bits per heavy atom. The zero-order valence-electron chi connectivity index (χ0n) is 18.9. The minimum Gasteiger partial charge on any atom is -0.507 e. The molecule has 1 atom stereocenters. The van der Waals surface area contributed by atoms with Crippen LogP contribution in [0.5, 0.6) is 17.2 Å². The van der Waals surface area contributed by atoms with Crippen LogP contribution in [0.25, 0.3) is 5.76 Å². The number of hydrogen-bond donors (Lipinski definition) is 1. The Morgan fingerprint density at radius 1 is 0.969 bits per heavy atom. The van der Waals surface area contributed by atoms with Crippen LogP contribution in [0, 0.1) is 0 Å². The van der Waals surface area contributed by atoms with E-state index in [1.54, 1.807) is 49.6 Å². The average molecular weight is 440 g/mol. The van der Waals surface area contributed by atoms with Crippen molar-refractivity contribution < 1.29 is 28.9 Å². The number of ether oxygens (including phenoxy) is 3. The molecule has 1 unspecified atom stereocenters. The van der Waals surface area contributed by atoms with Gasteiger partial charge in [0.05, 0.1) is 32.9 Å². The Kier molecular flexibility index (Phi) is 7.05. The second-order valence-electron chi connectivity index (χ2n) is 7.63. The van der Waals surface area contributed by atoms with Crippen LogP contribution in [0.1, 0.15) is 17.2 Å². The van der Waals surface area contributed by atoms with Crippen LogP contribution in [0.15, 0.2) is 48.0 Å². The van der Waals surface area contributed by atoms with E-state index in [1.807, 2.05) is 19.0 Å². The third-order valence-corrected chi connectivity index (χ3v) is 5.42. The van der Waals surface area contributed by atoms with Crippen molar-refractivity contribution in [3.63, 3.8) is 0 Å². The van der Waals surface area contributed by atoms with Crippen molar-refractivity contribution in [1.82, 2.24) is 9.80 Å². The number of hydrogen-bond acceptors (Lipinski definition) is 7. The number of likely N-dealkylation sites (tertiary alicyclic amines) is 1. The number of benzene rings is 2. The highest BCUT2D eigenvalue weighted by molar-refractivity contribution is 6.46. The molecule has 2 aromatic carbocycles. The molecule has 1 saturated heterocycles. The second kappa shape index (κ2) is 9.74. The summed E-state index contributed by atoms with van der Waals surface area (Å²) in [7, 11) is 8.36. The normalized spacial score (nSPS) is 17.7. The zero-order valence-corrected chi connectivity index (χ0v) is 18.9. The first-order valence-electron chi connectivity index (χ1n) is 10.1. The molecule has 0 saturated carbocycles. The van der Waals surface area contributed by atoms with Crippen molar-refractivity contribution in [2.45, 2.75) is 6.04 Å². The molecule has 2 aromatic rings.